The van der Waals surface area contributed by atoms with Gasteiger partial charge in [-0.1, -0.05) is 25.7 Å². The largest absolute Gasteiger partial charge is 0.308 e. The van der Waals surface area contributed by atoms with Gasteiger partial charge in [0, 0.05) is 30.7 Å². The average Bonchev–Trinajstić information content (AvgIpc) is 3.05. The lowest BCUT2D eigenvalue weighted by atomic mass is 9.78. The molecule has 4 unspecified atom stereocenters. The van der Waals surface area contributed by atoms with Crippen LogP contribution in [0.15, 0.2) is 0 Å². The molecule has 0 radical (unpaired) electrons. The fourth-order valence-electron chi connectivity index (χ4n) is 5.67. The summed E-state index contributed by atoms with van der Waals surface area (Å²) < 4.78 is 0. The van der Waals surface area contributed by atoms with E-state index in [2.05, 4.69) is 17.1 Å². The molecule has 4 fully saturated rings. The Bertz CT molecular complexity index is 334. The molecule has 1 heterocycles. The standard InChI is InChI=1S/C17H30N2/c1-13-11-18-17(7-3-2-4-8-17)12-19(13)16-10-14-5-6-15(16)9-14/h13-16,18H,2-12H2,1H3. The SMILES string of the molecule is CC1CNC2(CCCCC2)CN1C1CC2CCC1C2. The second-order valence-electron chi connectivity index (χ2n) is 7.99. The second-order valence-corrected chi connectivity index (χ2v) is 7.99. The van der Waals surface area contributed by atoms with Gasteiger partial charge >= 0.3 is 0 Å². The van der Waals surface area contributed by atoms with Crippen LogP contribution in [0.2, 0.25) is 0 Å². The van der Waals surface area contributed by atoms with Crippen molar-refractivity contribution >= 4 is 0 Å². The van der Waals surface area contributed by atoms with E-state index in [1.807, 2.05) is 0 Å². The molecule has 2 nitrogen and oxygen atoms in total. The molecule has 4 atom stereocenters. The van der Waals surface area contributed by atoms with Crippen LogP contribution in [0.1, 0.15) is 64.7 Å². The molecule has 1 spiro atoms. The number of fused-ring (bicyclic) bond motifs is 2. The van der Waals surface area contributed by atoms with E-state index in [0.717, 1.165) is 23.9 Å². The smallest absolute Gasteiger partial charge is 0.0309 e. The minimum Gasteiger partial charge on any atom is -0.308 e. The van der Waals surface area contributed by atoms with Gasteiger partial charge in [0.15, 0.2) is 0 Å². The maximum Gasteiger partial charge on any atom is 0.0309 e. The number of rotatable bonds is 1. The Morgan fingerprint density at radius 3 is 2.58 bits per heavy atom. The van der Waals surface area contributed by atoms with Crippen LogP contribution in [-0.2, 0) is 0 Å². The normalized spacial score (nSPS) is 45.9. The molecule has 4 rings (SSSR count). The highest BCUT2D eigenvalue weighted by molar-refractivity contribution is 5.04. The van der Waals surface area contributed by atoms with Gasteiger partial charge in [-0.25, -0.2) is 0 Å². The van der Waals surface area contributed by atoms with Crippen LogP contribution in [-0.4, -0.2) is 35.6 Å². The van der Waals surface area contributed by atoms with E-state index in [9.17, 15) is 0 Å². The van der Waals surface area contributed by atoms with Crippen LogP contribution in [0.5, 0.6) is 0 Å². The quantitative estimate of drug-likeness (QED) is 0.781. The lowest BCUT2D eigenvalue weighted by molar-refractivity contribution is 0.0126. The highest BCUT2D eigenvalue weighted by Gasteiger charge is 2.47. The van der Waals surface area contributed by atoms with Crippen LogP contribution in [0.4, 0.5) is 0 Å². The molecule has 19 heavy (non-hydrogen) atoms. The van der Waals surface area contributed by atoms with Crippen molar-refractivity contribution in [2.75, 3.05) is 13.1 Å². The summed E-state index contributed by atoms with van der Waals surface area (Å²) in [6, 6.07) is 1.70. The first-order valence-corrected chi connectivity index (χ1v) is 8.77. The predicted molar refractivity (Wildman–Crippen MR) is 79.2 cm³/mol. The van der Waals surface area contributed by atoms with Crippen molar-refractivity contribution in [2.45, 2.75) is 82.3 Å². The maximum absolute atomic E-state index is 3.94. The first-order chi connectivity index (χ1) is 9.26. The Morgan fingerprint density at radius 2 is 1.89 bits per heavy atom. The molecule has 0 aromatic heterocycles. The van der Waals surface area contributed by atoms with Gasteiger partial charge in [-0.15, -0.1) is 0 Å². The van der Waals surface area contributed by atoms with Crippen molar-refractivity contribution in [3.8, 4) is 0 Å². The molecule has 0 aromatic carbocycles. The Hall–Kier alpha value is -0.0800. The summed E-state index contributed by atoms with van der Waals surface area (Å²) in [5, 5.41) is 3.94. The molecule has 0 aromatic rings. The number of nitrogens with one attached hydrogen (secondary N) is 1. The summed E-state index contributed by atoms with van der Waals surface area (Å²) in [5.74, 6) is 2.13. The number of nitrogens with zero attached hydrogens (tertiary/aromatic N) is 1. The monoisotopic (exact) mass is 262 g/mol. The maximum atomic E-state index is 3.94. The number of hydrogen-bond donors (Lipinski definition) is 1. The molecular formula is C17H30N2. The third kappa shape index (κ3) is 2.15. The van der Waals surface area contributed by atoms with E-state index in [0.29, 0.717) is 5.54 Å². The van der Waals surface area contributed by atoms with Crippen LogP contribution in [0.3, 0.4) is 0 Å². The predicted octanol–water partition coefficient (Wildman–Crippen LogP) is 3.17. The minimum absolute atomic E-state index is 0.493. The number of hydrogen-bond acceptors (Lipinski definition) is 2. The van der Waals surface area contributed by atoms with Crippen LogP contribution < -0.4 is 5.32 Å². The molecule has 4 aliphatic rings. The van der Waals surface area contributed by atoms with Gasteiger partial charge < -0.3 is 5.32 Å². The molecule has 108 valence electrons. The second kappa shape index (κ2) is 4.73. The summed E-state index contributed by atoms with van der Waals surface area (Å²) >= 11 is 0. The zero-order valence-corrected chi connectivity index (χ0v) is 12.5. The van der Waals surface area contributed by atoms with E-state index in [4.69, 9.17) is 0 Å². The fraction of sp³-hybridized carbons (Fsp3) is 1.00. The van der Waals surface area contributed by atoms with E-state index in [-0.39, 0.29) is 0 Å². The zero-order chi connectivity index (χ0) is 12.9. The van der Waals surface area contributed by atoms with Crippen molar-refractivity contribution in [3.05, 3.63) is 0 Å². The van der Waals surface area contributed by atoms with Crippen molar-refractivity contribution < 1.29 is 0 Å². The molecule has 1 N–H and O–H groups in total. The Morgan fingerprint density at radius 1 is 1.05 bits per heavy atom. The summed E-state index contributed by atoms with van der Waals surface area (Å²) in [6.45, 7) is 5.03. The Balaban J connectivity index is 1.50. The molecule has 1 aliphatic heterocycles. The van der Waals surface area contributed by atoms with Gasteiger partial charge in [-0.3, -0.25) is 4.90 Å². The zero-order valence-electron chi connectivity index (χ0n) is 12.5. The molecule has 2 bridgehead atoms. The van der Waals surface area contributed by atoms with E-state index < -0.39 is 0 Å². The van der Waals surface area contributed by atoms with Crippen molar-refractivity contribution in [2.24, 2.45) is 11.8 Å². The Kier molecular flexibility index (Phi) is 3.15. The molecule has 0 amide bonds. The summed E-state index contributed by atoms with van der Waals surface area (Å²) in [5.41, 5.74) is 0.493. The third-order valence-corrected chi connectivity index (χ3v) is 6.76. The summed E-state index contributed by atoms with van der Waals surface area (Å²) in [6.07, 6.45) is 13.4. The van der Waals surface area contributed by atoms with Crippen LogP contribution >= 0.6 is 0 Å². The van der Waals surface area contributed by atoms with Gasteiger partial charge in [-0.05, 0) is 50.9 Å². The van der Waals surface area contributed by atoms with Crippen LogP contribution in [0.25, 0.3) is 0 Å². The molecule has 3 saturated carbocycles. The van der Waals surface area contributed by atoms with E-state index in [1.165, 1.54) is 64.5 Å². The van der Waals surface area contributed by atoms with Gasteiger partial charge in [0.05, 0.1) is 0 Å². The third-order valence-electron chi connectivity index (χ3n) is 6.76. The van der Waals surface area contributed by atoms with Crippen molar-refractivity contribution in [1.82, 2.24) is 10.2 Å². The van der Waals surface area contributed by atoms with Crippen molar-refractivity contribution in [3.63, 3.8) is 0 Å². The van der Waals surface area contributed by atoms with Gasteiger partial charge in [-0.2, -0.15) is 0 Å². The van der Waals surface area contributed by atoms with Gasteiger partial charge in [0.2, 0.25) is 0 Å². The molecule has 3 aliphatic carbocycles. The molecule has 2 heteroatoms. The van der Waals surface area contributed by atoms with Crippen molar-refractivity contribution in [1.29, 1.82) is 0 Å². The van der Waals surface area contributed by atoms with Crippen LogP contribution in [0, 0.1) is 11.8 Å². The lowest BCUT2D eigenvalue weighted by Gasteiger charge is -2.52. The Labute approximate surface area is 118 Å². The first kappa shape index (κ1) is 12.6. The topological polar surface area (TPSA) is 15.3 Å². The summed E-state index contributed by atoms with van der Waals surface area (Å²) in [7, 11) is 0. The van der Waals surface area contributed by atoms with Gasteiger partial charge in [0.25, 0.3) is 0 Å². The minimum atomic E-state index is 0.493. The van der Waals surface area contributed by atoms with E-state index >= 15 is 0 Å². The fourth-order valence-corrected chi connectivity index (χ4v) is 5.67. The van der Waals surface area contributed by atoms with Gasteiger partial charge in [0.1, 0.15) is 0 Å². The lowest BCUT2D eigenvalue weighted by Crippen LogP contribution is -2.66. The molecule has 1 saturated heterocycles. The highest BCUT2D eigenvalue weighted by Crippen LogP contribution is 2.48. The summed E-state index contributed by atoms with van der Waals surface area (Å²) in [4.78, 5) is 2.94. The highest BCUT2D eigenvalue weighted by atomic mass is 15.3. The first-order valence-electron chi connectivity index (χ1n) is 8.77. The number of piperazine rings is 1. The average molecular weight is 262 g/mol. The van der Waals surface area contributed by atoms with E-state index in [1.54, 1.807) is 6.42 Å². The molecular weight excluding hydrogens is 232 g/mol.